The van der Waals surface area contributed by atoms with Crippen molar-refractivity contribution in [3.8, 4) is 0 Å². The van der Waals surface area contributed by atoms with Crippen LogP contribution in [0.25, 0.3) is 0 Å². The van der Waals surface area contributed by atoms with Crippen LogP contribution in [0.2, 0.25) is 0 Å². The summed E-state index contributed by atoms with van der Waals surface area (Å²) >= 11 is 0. The van der Waals surface area contributed by atoms with Gasteiger partial charge >= 0.3 is 0 Å². The normalized spacial score (nSPS) is 11.3. The lowest BCUT2D eigenvalue weighted by atomic mass is 10.1. The minimum atomic E-state index is -5.39. The zero-order chi connectivity index (χ0) is 59.3. The first-order valence-electron chi connectivity index (χ1n) is 37.4. The van der Waals surface area contributed by atoms with Crippen LogP contribution < -0.4 is 30.6 Å². The van der Waals surface area contributed by atoms with Gasteiger partial charge in [-0.3, -0.25) is 0 Å². The Hall–Kier alpha value is -0.0100. The second kappa shape index (κ2) is 85.4. The van der Waals surface area contributed by atoms with E-state index in [1.807, 2.05) is 0 Å². The molecule has 0 atom stereocenters. The monoisotopic (exact) mass is 1160 g/mol. The number of unbranched alkanes of at least 4 members (excludes halogenated alkanes) is 54. The van der Waals surface area contributed by atoms with Crippen molar-refractivity contribution in [2.45, 2.75) is 427 Å². The fourth-order valence-electron chi connectivity index (χ4n) is 11.1. The summed E-state index contributed by atoms with van der Waals surface area (Å²) < 4.78 is 8.55. The molecule has 80 heavy (non-hydrogen) atoms. The molecule has 0 aliphatic rings. The lowest BCUT2D eigenvalue weighted by Crippen LogP contribution is -2.84. The van der Waals surface area contributed by atoms with E-state index in [1.54, 1.807) is 0 Å². The minimum Gasteiger partial charge on any atom is -0.822 e. The molecule has 0 fully saturated rings. The zero-order valence-electron chi connectivity index (χ0n) is 56.5. The van der Waals surface area contributed by atoms with Crippen LogP contribution in [0.1, 0.15) is 427 Å². The summed E-state index contributed by atoms with van der Waals surface area (Å²) in [5, 5.41) is 7.69. The van der Waals surface area contributed by atoms with E-state index in [2.05, 4.69) is 57.5 Å². The Bertz CT molecular complexity index is 849. The first kappa shape index (κ1) is 86.4. The van der Waals surface area contributed by atoms with E-state index in [9.17, 15) is 0 Å². The van der Waals surface area contributed by atoms with Gasteiger partial charge in [0.25, 0.3) is 0 Å². The van der Waals surface area contributed by atoms with Crippen molar-refractivity contribution in [2.75, 3.05) is 39.3 Å². The molecule has 7 nitrogen and oxygen atoms in total. The van der Waals surface area contributed by atoms with Crippen LogP contribution >= 0.6 is 7.82 Å². The number of quaternary nitrogens is 3. The van der Waals surface area contributed by atoms with Gasteiger partial charge in [0.1, 0.15) is 0 Å². The van der Waals surface area contributed by atoms with Crippen LogP contribution in [0.5, 0.6) is 0 Å². The molecule has 0 spiro atoms. The van der Waals surface area contributed by atoms with Gasteiger partial charge in [-0.05, 0) is 77.0 Å². The largest absolute Gasteiger partial charge is 0.822 e. The van der Waals surface area contributed by atoms with Crippen LogP contribution in [0.15, 0.2) is 0 Å². The second-order valence-electron chi connectivity index (χ2n) is 25.1. The summed E-state index contributed by atoms with van der Waals surface area (Å²) in [5.74, 6) is 0. The number of hydrogen-bond donors (Lipinski definition) is 3. The van der Waals surface area contributed by atoms with Crippen molar-refractivity contribution in [3.05, 3.63) is 0 Å². The molecule has 488 valence electrons. The first-order valence-corrected chi connectivity index (χ1v) is 38.9. The Morgan fingerprint density at radius 1 is 0.175 bits per heavy atom. The van der Waals surface area contributed by atoms with Crippen molar-refractivity contribution in [3.63, 3.8) is 0 Å². The third kappa shape index (κ3) is 106. The van der Waals surface area contributed by atoms with Crippen LogP contribution in [0.3, 0.4) is 0 Å². The summed E-state index contributed by atoms with van der Waals surface area (Å²) in [6.07, 6.45) is 87.3. The molecule has 0 unspecified atom stereocenters. The molecule has 0 aliphatic heterocycles. The van der Waals surface area contributed by atoms with Crippen molar-refractivity contribution < 1.29 is 35.2 Å². The van der Waals surface area contributed by atoms with Gasteiger partial charge in [-0.2, -0.15) is 7.82 Å². The molecule has 0 aromatic rings. The van der Waals surface area contributed by atoms with E-state index in [0.717, 1.165) is 0 Å². The third-order valence-corrected chi connectivity index (χ3v) is 16.6. The van der Waals surface area contributed by atoms with Gasteiger partial charge in [0.15, 0.2) is 0 Å². The predicted molar refractivity (Wildman–Crippen MR) is 354 cm³/mol. The summed E-state index contributed by atoms with van der Waals surface area (Å²) in [6, 6.07) is 0. The quantitative estimate of drug-likeness (QED) is 0.0413. The minimum absolute atomic E-state index is 1.37. The van der Waals surface area contributed by atoms with Gasteiger partial charge in [-0.15, -0.1) is 0 Å². The Labute approximate surface area is 506 Å². The third-order valence-electron chi connectivity index (χ3n) is 16.6. The summed E-state index contributed by atoms with van der Waals surface area (Å²) in [6.45, 7) is 22.0. The zero-order valence-corrected chi connectivity index (χ0v) is 57.4. The van der Waals surface area contributed by atoms with E-state index in [4.69, 9.17) is 19.2 Å². The smallest absolute Gasteiger partial charge is 0.0755 e. The highest BCUT2D eigenvalue weighted by Gasteiger charge is 2.00. The highest BCUT2D eigenvalue weighted by molar-refractivity contribution is 7.40. The fraction of sp³-hybridized carbons (Fsp3) is 1.00. The van der Waals surface area contributed by atoms with Gasteiger partial charge in [0.2, 0.25) is 0 Å². The number of nitrogens with two attached hydrogens (primary N) is 3. The maximum absolute atomic E-state index is 8.55. The predicted octanol–water partition coefficient (Wildman–Crippen LogP) is 19.4. The van der Waals surface area contributed by atoms with Crippen molar-refractivity contribution in [1.82, 2.24) is 0 Å². The molecule has 0 aliphatic carbocycles. The number of rotatable bonds is 66. The van der Waals surface area contributed by atoms with E-state index in [0.29, 0.717) is 0 Å². The molecule has 0 bridgehead atoms. The molecule has 0 amide bonds. The Balaban J connectivity index is -0.000000518. The van der Waals surface area contributed by atoms with Gasteiger partial charge in [0, 0.05) is 0 Å². The summed E-state index contributed by atoms with van der Waals surface area (Å²) in [5.41, 5.74) is 0. The molecule has 0 saturated carbocycles. The molecule has 8 heteroatoms. The topological polar surface area (TPSA) is 136 Å². The lowest BCUT2D eigenvalue weighted by Gasteiger charge is -2.36. The SMILES string of the molecule is CCCCCCCCCCCC[NH2+]CCCCCCCCCCCC.CCCCCCCCCCCC[NH2+]CCCCCCCCCCCC.CCCCCCCCCCCC[NH2+]CCCCCCCCCCCC.O=P([O-])([O-])[O-]. The molecule has 0 rings (SSSR count). The first-order chi connectivity index (χ1) is 39.2. The molecule has 0 saturated heterocycles. The van der Waals surface area contributed by atoms with Gasteiger partial charge in [-0.1, -0.05) is 350 Å². The lowest BCUT2D eigenvalue weighted by molar-refractivity contribution is -0.655. The van der Waals surface area contributed by atoms with E-state index in [1.165, 1.54) is 425 Å². The van der Waals surface area contributed by atoms with Crippen LogP contribution in [-0.4, -0.2) is 39.3 Å². The van der Waals surface area contributed by atoms with Crippen LogP contribution in [0.4, 0.5) is 0 Å². The van der Waals surface area contributed by atoms with Gasteiger partial charge in [-0.25, -0.2) is 0 Å². The van der Waals surface area contributed by atoms with E-state index < -0.39 is 7.82 Å². The fourth-order valence-corrected chi connectivity index (χ4v) is 11.1. The van der Waals surface area contributed by atoms with E-state index >= 15 is 0 Å². The van der Waals surface area contributed by atoms with E-state index in [-0.39, 0.29) is 0 Å². The second-order valence-corrected chi connectivity index (χ2v) is 26.0. The maximum atomic E-state index is 8.55. The number of hydrogen-bond acceptors (Lipinski definition) is 4. The average Bonchev–Trinajstić information content (AvgIpc) is 3.44. The molecular formula is C72H156N3O4P. The Morgan fingerprint density at radius 3 is 0.338 bits per heavy atom. The molecule has 6 N–H and O–H groups in total. The molecule has 0 heterocycles. The van der Waals surface area contributed by atoms with Gasteiger partial charge in [0.05, 0.1) is 39.3 Å². The number of phosphoric acid groups is 1. The molecule has 0 aromatic heterocycles. The highest BCUT2D eigenvalue weighted by Crippen LogP contribution is 2.15. The maximum Gasteiger partial charge on any atom is 0.0755 e. The standard InChI is InChI=1S/3C24H51N.H3O4P/c3*1-3-5-7-9-11-13-15-17-19-21-23-25-24-22-20-18-16-14-12-10-8-6-4-2;1-5(2,3)4/h3*25H,3-24H2,1-2H3;(H3,1,2,3,4). The average molecular weight is 1160 g/mol. The molecular weight excluding hydrogens is 1000 g/mol. The van der Waals surface area contributed by atoms with Gasteiger partial charge < -0.3 is 35.2 Å². The van der Waals surface area contributed by atoms with Crippen molar-refractivity contribution in [2.24, 2.45) is 0 Å². The molecule has 0 aromatic carbocycles. The van der Waals surface area contributed by atoms with Crippen LogP contribution in [-0.2, 0) is 4.57 Å². The van der Waals surface area contributed by atoms with Crippen molar-refractivity contribution in [1.29, 1.82) is 0 Å². The molecule has 0 radical (unpaired) electrons. The van der Waals surface area contributed by atoms with Crippen LogP contribution in [0, 0.1) is 0 Å². The summed E-state index contributed by atoms with van der Waals surface area (Å²) in [7, 11) is -5.39. The highest BCUT2D eigenvalue weighted by atomic mass is 31.2. The summed E-state index contributed by atoms with van der Waals surface area (Å²) in [4.78, 5) is 25.6. The van der Waals surface area contributed by atoms with Crippen molar-refractivity contribution >= 4 is 7.82 Å². The Morgan fingerprint density at radius 2 is 0.250 bits per heavy atom. The Kier molecular flexibility index (Phi) is 92.3.